The molecule has 1 amide bonds. The van der Waals surface area contributed by atoms with Crippen LogP contribution in [0.25, 0.3) is 0 Å². The van der Waals surface area contributed by atoms with E-state index in [4.69, 9.17) is 9.47 Å². The van der Waals surface area contributed by atoms with E-state index in [9.17, 15) is 13.2 Å². The second-order valence-electron chi connectivity index (χ2n) is 6.78. The van der Waals surface area contributed by atoms with Crippen molar-refractivity contribution in [3.63, 3.8) is 0 Å². The van der Waals surface area contributed by atoms with E-state index in [-0.39, 0.29) is 10.8 Å². The predicted octanol–water partition coefficient (Wildman–Crippen LogP) is 3.05. The van der Waals surface area contributed by atoms with Crippen molar-refractivity contribution >= 4 is 15.9 Å². The first-order chi connectivity index (χ1) is 14.3. The average molecular weight is 435 g/mol. The Morgan fingerprint density at radius 3 is 2.07 bits per heavy atom. The summed E-state index contributed by atoms with van der Waals surface area (Å²) in [6.07, 6.45) is 0.650. The highest BCUT2D eigenvalue weighted by Gasteiger charge is 2.22. The molecule has 0 unspecified atom stereocenters. The number of hydrogen-bond donors (Lipinski definition) is 0. The van der Waals surface area contributed by atoms with Gasteiger partial charge in [0.15, 0.2) is 11.5 Å². The Kier molecular flexibility index (Phi) is 8.25. The molecule has 0 radical (unpaired) electrons. The molecule has 0 fully saturated rings. The van der Waals surface area contributed by atoms with Crippen molar-refractivity contribution in [1.29, 1.82) is 0 Å². The van der Waals surface area contributed by atoms with Gasteiger partial charge in [0.25, 0.3) is 5.91 Å². The molecule has 0 aliphatic rings. The van der Waals surface area contributed by atoms with Crippen LogP contribution in [0.5, 0.6) is 11.5 Å². The highest BCUT2D eigenvalue weighted by molar-refractivity contribution is 7.89. The fraction of sp³-hybridized carbons (Fsp3) is 0.409. The largest absolute Gasteiger partial charge is 0.493 e. The van der Waals surface area contributed by atoms with Crippen LogP contribution >= 0.6 is 0 Å². The molecule has 0 N–H and O–H groups in total. The number of nitrogens with zero attached hydrogens (tertiary/aromatic N) is 2. The molecular weight excluding hydrogens is 404 g/mol. The van der Waals surface area contributed by atoms with Crippen molar-refractivity contribution in [2.24, 2.45) is 0 Å². The van der Waals surface area contributed by atoms with Gasteiger partial charge in [-0.15, -0.1) is 0 Å². The van der Waals surface area contributed by atoms with Crippen molar-refractivity contribution in [3.8, 4) is 11.5 Å². The molecule has 0 bridgehead atoms. The molecular formula is C22H30N2O5S. The van der Waals surface area contributed by atoms with Gasteiger partial charge < -0.3 is 14.4 Å². The lowest BCUT2D eigenvalue weighted by atomic mass is 10.1. The molecule has 0 spiro atoms. The summed E-state index contributed by atoms with van der Waals surface area (Å²) in [7, 11) is 1.36. The van der Waals surface area contributed by atoms with Crippen LogP contribution in [0.15, 0.2) is 47.4 Å². The molecule has 7 nitrogen and oxygen atoms in total. The van der Waals surface area contributed by atoms with E-state index in [1.807, 2.05) is 18.2 Å². The molecule has 2 rings (SSSR count). The van der Waals surface area contributed by atoms with Crippen molar-refractivity contribution < 1.29 is 22.7 Å². The van der Waals surface area contributed by atoms with Crippen LogP contribution in [0.3, 0.4) is 0 Å². The van der Waals surface area contributed by atoms with E-state index >= 15 is 0 Å². The van der Waals surface area contributed by atoms with Gasteiger partial charge in [-0.25, -0.2) is 8.42 Å². The molecule has 0 saturated carbocycles. The SMILES string of the molecule is CCN(CC)S(=O)(=O)c1ccc(C(=O)N(C)CCc2ccc(OC)c(OC)c2)cc1. The molecule has 0 heterocycles. The topological polar surface area (TPSA) is 76.2 Å². The molecule has 0 aliphatic heterocycles. The van der Waals surface area contributed by atoms with E-state index in [0.29, 0.717) is 43.1 Å². The molecule has 0 saturated heterocycles. The Bertz CT molecular complexity index is 954. The van der Waals surface area contributed by atoms with Crippen molar-refractivity contribution in [2.45, 2.75) is 25.2 Å². The van der Waals surface area contributed by atoms with Crippen LogP contribution < -0.4 is 9.47 Å². The molecule has 0 aliphatic carbocycles. The highest BCUT2D eigenvalue weighted by Crippen LogP contribution is 2.27. The number of amides is 1. The number of rotatable bonds is 10. The van der Waals surface area contributed by atoms with Crippen LogP contribution in [0.2, 0.25) is 0 Å². The van der Waals surface area contributed by atoms with Crippen molar-refractivity contribution in [2.75, 3.05) is 40.9 Å². The van der Waals surface area contributed by atoms with Crippen LogP contribution in [-0.4, -0.2) is 64.4 Å². The second-order valence-corrected chi connectivity index (χ2v) is 8.72. The Labute approximate surface area is 179 Å². The van der Waals surface area contributed by atoms with Gasteiger partial charge in [-0.3, -0.25) is 4.79 Å². The lowest BCUT2D eigenvalue weighted by Gasteiger charge is -2.20. The van der Waals surface area contributed by atoms with E-state index in [1.165, 1.54) is 16.4 Å². The van der Waals surface area contributed by atoms with Gasteiger partial charge in [0, 0.05) is 32.2 Å². The summed E-state index contributed by atoms with van der Waals surface area (Å²) in [4.78, 5) is 14.5. The van der Waals surface area contributed by atoms with Crippen LogP contribution in [0.1, 0.15) is 29.8 Å². The number of hydrogen-bond acceptors (Lipinski definition) is 5. The zero-order valence-corrected chi connectivity index (χ0v) is 19.0. The maximum atomic E-state index is 12.7. The summed E-state index contributed by atoms with van der Waals surface area (Å²) in [6, 6.07) is 11.8. The van der Waals surface area contributed by atoms with Gasteiger partial charge >= 0.3 is 0 Å². The molecule has 30 heavy (non-hydrogen) atoms. The van der Waals surface area contributed by atoms with Crippen LogP contribution in [0.4, 0.5) is 0 Å². The van der Waals surface area contributed by atoms with E-state index in [1.54, 1.807) is 52.1 Å². The quantitative estimate of drug-likeness (QED) is 0.575. The predicted molar refractivity (Wildman–Crippen MR) is 117 cm³/mol. The van der Waals surface area contributed by atoms with Crippen molar-refractivity contribution in [3.05, 3.63) is 53.6 Å². The number of carbonyl (C=O) groups excluding carboxylic acids is 1. The number of carbonyl (C=O) groups is 1. The highest BCUT2D eigenvalue weighted by atomic mass is 32.2. The third kappa shape index (κ3) is 5.31. The zero-order valence-electron chi connectivity index (χ0n) is 18.2. The smallest absolute Gasteiger partial charge is 0.253 e. The minimum Gasteiger partial charge on any atom is -0.493 e. The summed E-state index contributed by atoms with van der Waals surface area (Å²) in [5.74, 6) is 1.14. The maximum Gasteiger partial charge on any atom is 0.253 e. The second kappa shape index (κ2) is 10.4. The lowest BCUT2D eigenvalue weighted by Crippen LogP contribution is -2.31. The standard InChI is InChI=1S/C22H30N2O5S/c1-6-24(7-2)30(26,27)19-11-9-18(10-12-19)22(25)23(3)15-14-17-8-13-20(28-4)21(16-17)29-5/h8-13,16H,6-7,14-15H2,1-5H3. The lowest BCUT2D eigenvalue weighted by molar-refractivity contribution is 0.0796. The minimum absolute atomic E-state index is 0.165. The van der Waals surface area contributed by atoms with E-state index < -0.39 is 10.0 Å². The summed E-state index contributed by atoms with van der Waals surface area (Å²) < 4.78 is 37.1. The number of benzene rings is 2. The van der Waals surface area contributed by atoms with Gasteiger partial charge in [0.05, 0.1) is 19.1 Å². The Morgan fingerprint density at radius 1 is 0.933 bits per heavy atom. The third-order valence-electron chi connectivity index (χ3n) is 4.97. The summed E-state index contributed by atoms with van der Waals surface area (Å²) >= 11 is 0. The number of methoxy groups -OCH3 is 2. The van der Waals surface area contributed by atoms with Gasteiger partial charge in [0.1, 0.15) is 0 Å². The summed E-state index contributed by atoms with van der Waals surface area (Å²) in [6.45, 7) is 4.91. The Morgan fingerprint density at radius 2 is 1.53 bits per heavy atom. The van der Waals surface area contributed by atoms with Gasteiger partial charge in [0.2, 0.25) is 10.0 Å². The molecule has 0 aromatic heterocycles. The van der Waals surface area contributed by atoms with Crippen molar-refractivity contribution in [1.82, 2.24) is 9.21 Å². The Balaban J connectivity index is 2.06. The Hall–Kier alpha value is -2.58. The van der Waals surface area contributed by atoms with Crippen LogP contribution in [0, 0.1) is 0 Å². The van der Waals surface area contributed by atoms with E-state index in [2.05, 4.69) is 0 Å². The number of likely N-dealkylation sites (N-methyl/N-ethyl adjacent to an activating group) is 1. The number of ether oxygens (including phenoxy) is 2. The normalized spacial score (nSPS) is 11.4. The molecule has 2 aromatic rings. The minimum atomic E-state index is -3.54. The summed E-state index contributed by atoms with van der Waals surface area (Å²) in [5, 5.41) is 0. The first kappa shape index (κ1) is 23.7. The molecule has 164 valence electrons. The maximum absolute atomic E-state index is 12.7. The number of sulfonamides is 1. The molecule has 0 atom stereocenters. The van der Waals surface area contributed by atoms with Gasteiger partial charge in [-0.1, -0.05) is 19.9 Å². The monoisotopic (exact) mass is 434 g/mol. The fourth-order valence-corrected chi connectivity index (χ4v) is 4.59. The van der Waals surface area contributed by atoms with Gasteiger partial charge in [-0.2, -0.15) is 4.31 Å². The third-order valence-corrected chi connectivity index (χ3v) is 7.04. The van der Waals surface area contributed by atoms with E-state index in [0.717, 1.165) is 5.56 Å². The average Bonchev–Trinajstić information content (AvgIpc) is 2.77. The molecule has 8 heteroatoms. The molecule has 2 aromatic carbocycles. The van der Waals surface area contributed by atoms with Gasteiger partial charge in [-0.05, 0) is 48.4 Å². The summed E-state index contributed by atoms with van der Waals surface area (Å²) in [5.41, 5.74) is 1.47. The fourth-order valence-electron chi connectivity index (χ4n) is 3.14. The van der Waals surface area contributed by atoms with Crippen LogP contribution in [-0.2, 0) is 16.4 Å². The first-order valence-electron chi connectivity index (χ1n) is 9.85. The first-order valence-corrected chi connectivity index (χ1v) is 11.3. The zero-order chi connectivity index (χ0) is 22.3.